The fraction of sp³-hybridized carbons (Fsp3) is 0.471. The van der Waals surface area contributed by atoms with Gasteiger partial charge in [-0.3, -0.25) is 9.59 Å². The first kappa shape index (κ1) is 33.6. The SMILES string of the molecule is CC(C)C[C@H](NC(=O)[C@H](Cc1ccc(F)cc1)NC(=O)OCc1ccccc1)C(=O)N[C@@H](/C=C1\CCOC1=O)C[C@H]1CCCO1. The summed E-state index contributed by atoms with van der Waals surface area (Å²) in [5, 5.41) is 8.44. The number of carbonyl (C=O) groups is 4. The van der Waals surface area contributed by atoms with Gasteiger partial charge < -0.3 is 30.2 Å². The molecule has 0 aliphatic carbocycles. The Kier molecular flexibility index (Phi) is 12.5. The van der Waals surface area contributed by atoms with Crippen LogP contribution in [0.2, 0.25) is 0 Å². The summed E-state index contributed by atoms with van der Waals surface area (Å²) in [5.74, 6) is -1.80. The van der Waals surface area contributed by atoms with Crippen LogP contribution in [0, 0.1) is 11.7 Å². The van der Waals surface area contributed by atoms with Gasteiger partial charge in [-0.2, -0.15) is 0 Å². The number of esters is 1. The Bertz CT molecular complexity index is 1330. The van der Waals surface area contributed by atoms with Gasteiger partial charge in [0.2, 0.25) is 11.8 Å². The standard InChI is InChI=1S/C34H42FN3O7/c1-22(2)17-29(31(39)36-27(20-28-9-6-15-43-28)19-25-14-16-44-33(25)41)37-32(40)30(18-23-10-12-26(35)13-11-23)38-34(42)45-21-24-7-4-3-5-8-24/h3-5,7-8,10-13,19,22,27-30H,6,9,14-18,20-21H2,1-2H3,(H,36,39)(H,37,40)(H,38,42)/b25-19+/t27-,28+,29-,30-/m0/s1. The van der Waals surface area contributed by atoms with Crippen molar-refractivity contribution >= 4 is 23.9 Å². The zero-order valence-electron chi connectivity index (χ0n) is 25.8. The van der Waals surface area contributed by atoms with E-state index >= 15 is 0 Å². The lowest BCUT2D eigenvalue weighted by atomic mass is 9.99. The van der Waals surface area contributed by atoms with Crippen LogP contribution in [0.1, 0.15) is 57.1 Å². The van der Waals surface area contributed by atoms with Gasteiger partial charge in [-0.15, -0.1) is 0 Å². The molecule has 3 amide bonds. The van der Waals surface area contributed by atoms with Crippen molar-refractivity contribution in [3.05, 3.63) is 83.2 Å². The zero-order chi connectivity index (χ0) is 32.2. The van der Waals surface area contributed by atoms with Crippen LogP contribution >= 0.6 is 0 Å². The molecule has 2 aliphatic heterocycles. The lowest BCUT2D eigenvalue weighted by Crippen LogP contribution is -2.55. The summed E-state index contributed by atoms with van der Waals surface area (Å²) < 4.78 is 29.8. The predicted octanol–water partition coefficient (Wildman–Crippen LogP) is 4.12. The average molecular weight is 624 g/mol. The molecule has 4 atom stereocenters. The minimum Gasteiger partial charge on any atom is -0.462 e. The van der Waals surface area contributed by atoms with E-state index in [1.165, 1.54) is 24.3 Å². The van der Waals surface area contributed by atoms with Gasteiger partial charge in [0, 0.05) is 25.0 Å². The third kappa shape index (κ3) is 11.0. The maximum Gasteiger partial charge on any atom is 0.408 e. The molecule has 242 valence electrons. The number of nitrogens with one attached hydrogen (secondary N) is 3. The number of hydrogen-bond donors (Lipinski definition) is 3. The van der Waals surface area contributed by atoms with Crippen molar-refractivity contribution in [2.24, 2.45) is 5.92 Å². The summed E-state index contributed by atoms with van der Waals surface area (Å²) in [5.41, 5.74) is 1.89. The summed E-state index contributed by atoms with van der Waals surface area (Å²) in [4.78, 5) is 52.3. The Morgan fingerprint density at radius 1 is 0.956 bits per heavy atom. The zero-order valence-corrected chi connectivity index (χ0v) is 25.8. The number of cyclic esters (lactones) is 1. The monoisotopic (exact) mass is 623 g/mol. The van der Waals surface area contributed by atoms with Gasteiger partial charge in [0.05, 0.1) is 18.8 Å². The fourth-order valence-electron chi connectivity index (χ4n) is 5.36. The molecular weight excluding hydrogens is 581 g/mol. The highest BCUT2D eigenvalue weighted by Gasteiger charge is 2.31. The summed E-state index contributed by atoms with van der Waals surface area (Å²) in [7, 11) is 0. The van der Waals surface area contributed by atoms with Crippen molar-refractivity contribution in [2.75, 3.05) is 13.2 Å². The number of benzene rings is 2. The summed E-state index contributed by atoms with van der Waals surface area (Å²) in [6.45, 7) is 4.81. The minimum atomic E-state index is -1.11. The van der Waals surface area contributed by atoms with Gasteiger partial charge in [-0.1, -0.05) is 62.4 Å². The van der Waals surface area contributed by atoms with Gasteiger partial charge in [-0.25, -0.2) is 14.0 Å². The molecule has 2 saturated heterocycles. The normalized spacial score (nSPS) is 19.1. The van der Waals surface area contributed by atoms with Crippen LogP contribution < -0.4 is 16.0 Å². The van der Waals surface area contributed by atoms with Crippen molar-refractivity contribution in [1.29, 1.82) is 0 Å². The number of halogens is 1. The Morgan fingerprint density at radius 2 is 1.69 bits per heavy atom. The summed E-state index contributed by atoms with van der Waals surface area (Å²) >= 11 is 0. The van der Waals surface area contributed by atoms with Crippen LogP contribution in [0.15, 0.2) is 66.2 Å². The van der Waals surface area contributed by atoms with E-state index in [9.17, 15) is 23.6 Å². The molecule has 4 rings (SSSR count). The molecule has 2 aliphatic rings. The molecule has 2 fully saturated rings. The predicted molar refractivity (Wildman–Crippen MR) is 164 cm³/mol. The maximum atomic E-state index is 13.7. The molecule has 0 aromatic heterocycles. The second-order valence-corrected chi connectivity index (χ2v) is 11.8. The molecule has 0 saturated carbocycles. The van der Waals surface area contributed by atoms with Crippen molar-refractivity contribution in [3.63, 3.8) is 0 Å². The fourth-order valence-corrected chi connectivity index (χ4v) is 5.36. The van der Waals surface area contributed by atoms with E-state index in [0.29, 0.717) is 43.6 Å². The Morgan fingerprint density at radius 3 is 2.33 bits per heavy atom. The van der Waals surface area contributed by atoms with Crippen molar-refractivity contribution < 1.29 is 37.8 Å². The second kappa shape index (κ2) is 16.7. The van der Waals surface area contributed by atoms with Gasteiger partial charge in [0.25, 0.3) is 0 Å². The van der Waals surface area contributed by atoms with Gasteiger partial charge in [0.1, 0.15) is 24.5 Å². The van der Waals surface area contributed by atoms with E-state index in [-0.39, 0.29) is 25.0 Å². The third-order valence-electron chi connectivity index (χ3n) is 7.65. The second-order valence-electron chi connectivity index (χ2n) is 11.8. The van der Waals surface area contributed by atoms with Gasteiger partial charge in [0.15, 0.2) is 0 Å². The van der Waals surface area contributed by atoms with E-state index in [0.717, 1.165) is 18.4 Å². The average Bonchev–Trinajstić information content (AvgIpc) is 3.68. The first-order valence-corrected chi connectivity index (χ1v) is 15.5. The first-order valence-electron chi connectivity index (χ1n) is 15.5. The van der Waals surface area contributed by atoms with E-state index in [4.69, 9.17) is 14.2 Å². The van der Waals surface area contributed by atoms with E-state index in [1.54, 1.807) is 6.08 Å². The summed E-state index contributed by atoms with van der Waals surface area (Å²) in [6.07, 6.45) is 3.93. The highest BCUT2D eigenvalue weighted by molar-refractivity contribution is 5.92. The quantitative estimate of drug-likeness (QED) is 0.213. The molecule has 11 heteroatoms. The lowest BCUT2D eigenvalue weighted by Gasteiger charge is -2.26. The molecule has 0 bridgehead atoms. The molecule has 3 N–H and O–H groups in total. The number of hydrogen-bond acceptors (Lipinski definition) is 7. The van der Waals surface area contributed by atoms with Crippen LogP contribution in [-0.2, 0) is 41.6 Å². The molecule has 0 unspecified atom stereocenters. The Balaban J connectivity index is 1.47. The number of rotatable bonds is 14. The van der Waals surface area contributed by atoms with E-state index < -0.39 is 47.8 Å². The van der Waals surface area contributed by atoms with E-state index in [1.807, 2.05) is 44.2 Å². The number of carbonyl (C=O) groups excluding carboxylic acids is 4. The largest absolute Gasteiger partial charge is 0.462 e. The van der Waals surface area contributed by atoms with Crippen molar-refractivity contribution in [1.82, 2.24) is 16.0 Å². The molecular formula is C34H42FN3O7. The molecule has 2 aromatic carbocycles. The number of amides is 3. The van der Waals surface area contributed by atoms with Crippen LogP contribution in [0.5, 0.6) is 0 Å². The van der Waals surface area contributed by atoms with Crippen LogP contribution in [0.3, 0.4) is 0 Å². The highest BCUT2D eigenvalue weighted by Crippen LogP contribution is 2.21. The smallest absolute Gasteiger partial charge is 0.408 e. The first-order chi connectivity index (χ1) is 21.7. The van der Waals surface area contributed by atoms with Crippen LogP contribution in [0.4, 0.5) is 9.18 Å². The van der Waals surface area contributed by atoms with E-state index in [2.05, 4.69) is 16.0 Å². The van der Waals surface area contributed by atoms with Crippen LogP contribution in [0.25, 0.3) is 0 Å². The summed E-state index contributed by atoms with van der Waals surface area (Å²) in [6, 6.07) is 12.2. The Hall–Kier alpha value is -4.25. The Labute approximate surface area is 263 Å². The molecule has 2 heterocycles. The van der Waals surface area contributed by atoms with Gasteiger partial charge >= 0.3 is 12.1 Å². The minimum absolute atomic E-state index is 0.00505. The topological polar surface area (TPSA) is 132 Å². The van der Waals surface area contributed by atoms with Crippen LogP contribution in [-0.4, -0.2) is 61.3 Å². The van der Waals surface area contributed by atoms with Crippen molar-refractivity contribution in [3.8, 4) is 0 Å². The maximum absolute atomic E-state index is 13.7. The number of alkyl carbamates (subject to hydrolysis) is 1. The van der Waals surface area contributed by atoms with Gasteiger partial charge in [-0.05, 0) is 54.9 Å². The molecule has 10 nitrogen and oxygen atoms in total. The molecule has 2 aromatic rings. The molecule has 45 heavy (non-hydrogen) atoms. The molecule has 0 radical (unpaired) electrons. The highest BCUT2D eigenvalue weighted by atomic mass is 19.1. The molecule has 0 spiro atoms. The number of ether oxygens (including phenoxy) is 3. The lowest BCUT2D eigenvalue weighted by molar-refractivity contribution is -0.135. The third-order valence-corrected chi connectivity index (χ3v) is 7.65. The van der Waals surface area contributed by atoms with Crippen molar-refractivity contribution in [2.45, 2.75) is 83.2 Å².